The number of likely N-dealkylation sites (tertiary alicyclic amines) is 1. The number of benzene rings is 1. The third kappa shape index (κ3) is 2.97. The number of fused-ring (bicyclic) bond motifs is 1. The number of rotatable bonds is 2. The zero-order valence-electron chi connectivity index (χ0n) is 14.9. The van der Waals surface area contributed by atoms with Crippen LogP contribution >= 0.6 is 0 Å². The first-order valence-electron chi connectivity index (χ1n) is 9.18. The van der Waals surface area contributed by atoms with Crippen LogP contribution in [0.15, 0.2) is 34.7 Å². The maximum atomic E-state index is 13.2. The van der Waals surface area contributed by atoms with E-state index in [0.717, 1.165) is 32.4 Å². The van der Waals surface area contributed by atoms with E-state index in [-0.39, 0.29) is 11.9 Å². The lowest BCUT2D eigenvalue weighted by molar-refractivity contribution is 0.0686. The van der Waals surface area contributed by atoms with Crippen molar-refractivity contribution in [2.45, 2.75) is 51.1 Å². The van der Waals surface area contributed by atoms with E-state index in [1.165, 1.54) is 5.56 Å². The van der Waals surface area contributed by atoms with E-state index in [4.69, 9.17) is 4.42 Å². The van der Waals surface area contributed by atoms with Gasteiger partial charge < -0.3 is 14.6 Å². The number of carbonyl (C=O) groups excluding carboxylic acids is 1. The van der Waals surface area contributed by atoms with Gasteiger partial charge in [0.1, 0.15) is 0 Å². The first-order valence-corrected chi connectivity index (χ1v) is 9.18. The Balaban J connectivity index is 1.67. The molecule has 1 amide bonds. The molecular weight excluding hydrogens is 314 g/mol. The lowest BCUT2D eigenvalue weighted by atomic mass is 9.90. The molecule has 0 aliphatic carbocycles. The fourth-order valence-corrected chi connectivity index (χ4v) is 4.39. The molecule has 25 heavy (non-hydrogen) atoms. The van der Waals surface area contributed by atoms with Crippen LogP contribution in [0.25, 0.3) is 0 Å². The van der Waals surface area contributed by atoms with Gasteiger partial charge in [-0.25, -0.2) is 4.98 Å². The maximum Gasteiger partial charge on any atom is 0.291 e. The van der Waals surface area contributed by atoms with E-state index in [0.29, 0.717) is 29.3 Å². The quantitative estimate of drug-likeness (QED) is 0.914. The van der Waals surface area contributed by atoms with E-state index in [1.807, 2.05) is 17.9 Å². The minimum atomic E-state index is -0.0183. The SMILES string of the molecule is Cc1nc(C)c(C(=O)N2C[C@@H](c3ccccc3)[C@@H]3NCCCC[C@@H]32)o1. The standard InChI is InChI=1S/C20H25N3O2/c1-13-19(25-14(2)22-13)20(24)23-12-16(15-8-4-3-5-9-15)18-17(23)10-6-7-11-21-18/h3-5,8-9,16-18,21H,6-7,10-12H2,1-2H3/t16-,17-,18-/m0/s1. The smallest absolute Gasteiger partial charge is 0.291 e. The number of oxazole rings is 1. The molecule has 1 N–H and O–H groups in total. The molecule has 2 aliphatic rings. The van der Waals surface area contributed by atoms with Crippen LogP contribution in [-0.4, -0.2) is 41.0 Å². The highest BCUT2D eigenvalue weighted by atomic mass is 16.4. The zero-order valence-corrected chi connectivity index (χ0v) is 14.9. The van der Waals surface area contributed by atoms with Gasteiger partial charge in [-0.15, -0.1) is 0 Å². The maximum absolute atomic E-state index is 13.2. The molecule has 2 aromatic rings. The second-order valence-corrected chi connectivity index (χ2v) is 7.17. The van der Waals surface area contributed by atoms with E-state index in [2.05, 4.69) is 34.6 Å². The number of amides is 1. The zero-order chi connectivity index (χ0) is 17.4. The van der Waals surface area contributed by atoms with Gasteiger partial charge in [-0.1, -0.05) is 36.8 Å². The van der Waals surface area contributed by atoms with Crippen molar-refractivity contribution in [1.82, 2.24) is 15.2 Å². The molecule has 3 atom stereocenters. The van der Waals surface area contributed by atoms with Crippen molar-refractivity contribution < 1.29 is 9.21 Å². The van der Waals surface area contributed by atoms with Crippen LogP contribution in [0, 0.1) is 13.8 Å². The summed E-state index contributed by atoms with van der Waals surface area (Å²) in [4.78, 5) is 19.5. The number of nitrogens with one attached hydrogen (secondary N) is 1. The van der Waals surface area contributed by atoms with Crippen LogP contribution in [0.5, 0.6) is 0 Å². The lowest BCUT2D eigenvalue weighted by Gasteiger charge is -2.26. The first kappa shape index (κ1) is 16.3. The number of aromatic nitrogens is 1. The van der Waals surface area contributed by atoms with E-state index in [1.54, 1.807) is 6.92 Å². The summed E-state index contributed by atoms with van der Waals surface area (Å²) in [5.74, 6) is 1.25. The Morgan fingerprint density at radius 2 is 2.04 bits per heavy atom. The molecule has 2 fully saturated rings. The fraction of sp³-hybridized carbons (Fsp3) is 0.500. The largest absolute Gasteiger partial charge is 0.436 e. The Morgan fingerprint density at radius 1 is 1.24 bits per heavy atom. The Morgan fingerprint density at radius 3 is 2.76 bits per heavy atom. The minimum Gasteiger partial charge on any atom is -0.436 e. The summed E-state index contributed by atoms with van der Waals surface area (Å²) in [5, 5.41) is 3.71. The van der Waals surface area contributed by atoms with Crippen LogP contribution in [0.2, 0.25) is 0 Å². The molecule has 5 nitrogen and oxygen atoms in total. The van der Waals surface area contributed by atoms with Crippen molar-refractivity contribution >= 4 is 5.91 Å². The van der Waals surface area contributed by atoms with Gasteiger partial charge in [-0.3, -0.25) is 4.79 Å². The molecule has 0 bridgehead atoms. The van der Waals surface area contributed by atoms with Crippen molar-refractivity contribution in [3.8, 4) is 0 Å². The molecule has 3 heterocycles. The van der Waals surface area contributed by atoms with E-state index < -0.39 is 0 Å². The second kappa shape index (κ2) is 6.64. The van der Waals surface area contributed by atoms with Crippen LogP contribution < -0.4 is 5.32 Å². The third-order valence-electron chi connectivity index (χ3n) is 5.53. The molecule has 0 unspecified atom stereocenters. The number of hydrogen-bond donors (Lipinski definition) is 1. The molecule has 5 heteroatoms. The molecule has 2 aliphatic heterocycles. The van der Waals surface area contributed by atoms with E-state index >= 15 is 0 Å². The van der Waals surface area contributed by atoms with Gasteiger partial charge in [-0.2, -0.15) is 0 Å². The van der Waals surface area contributed by atoms with Gasteiger partial charge >= 0.3 is 0 Å². The highest BCUT2D eigenvalue weighted by Gasteiger charge is 2.45. The normalized spacial score (nSPS) is 26.3. The van der Waals surface area contributed by atoms with Crippen LogP contribution in [-0.2, 0) is 0 Å². The van der Waals surface area contributed by atoms with Gasteiger partial charge in [0, 0.05) is 31.5 Å². The van der Waals surface area contributed by atoms with Crippen LogP contribution in [0.1, 0.15) is 52.9 Å². The summed E-state index contributed by atoms with van der Waals surface area (Å²) in [6.07, 6.45) is 3.35. The average Bonchev–Trinajstić information content (AvgIpc) is 3.04. The molecule has 4 rings (SSSR count). The monoisotopic (exact) mass is 339 g/mol. The van der Waals surface area contributed by atoms with Crippen molar-refractivity contribution in [2.75, 3.05) is 13.1 Å². The summed E-state index contributed by atoms with van der Waals surface area (Å²) in [5.41, 5.74) is 1.98. The number of aryl methyl sites for hydroxylation is 2. The molecule has 0 radical (unpaired) electrons. The van der Waals surface area contributed by atoms with Crippen molar-refractivity contribution in [3.63, 3.8) is 0 Å². The summed E-state index contributed by atoms with van der Waals surface area (Å²) < 4.78 is 5.62. The minimum absolute atomic E-state index is 0.0183. The van der Waals surface area contributed by atoms with Gasteiger partial charge in [0.25, 0.3) is 5.91 Å². The first-order chi connectivity index (χ1) is 12.1. The number of hydrogen-bond acceptors (Lipinski definition) is 4. The Hall–Kier alpha value is -2.14. The van der Waals surface area contributed by atoms with Gasteiger partial charge in [0.15, 0.2) is 5.89 Å². The third-order valence-corrected chi connectivity index (χ3v) is 5.53. The number of carbonyl (C=O) groups is 1. The molecule has 1 aromatic carbocycles. The summed E-state index contributed by atoms with van der Waals surface area (Å²) >= 11 is 0. The van der Waals surface area contributed by atoms with Crippen molar-refractivity contribution in [3.05, 3.63) is 53.2 Å². The predicted molar refractivity (Wildman–Crippen MR) is 95.6 cm³/mol. The van der Waals surface area contributed by atoms with E-state index in [9.17, 15) is 4.79 Å². The topological polar surface area (TPSA) is 58.4 Å². The summed E-state index contributed by atoms with van der Waals surface area (Å²) in [6, 6.07) is 11.1. The molecule has 0 saturated carbocycles. The van der Waals surface area contributed by atoms with Crippen molar-refractivity contribution in [1.29, 1.82) is 0 Å². The Kier molecular flexibility index (Phi) is 4.34. The summed E-state index contributed by atoms with van der Waals surface area (Å²) in [7, 11) is 0. The number of nitrogens with zero attached hydrogens (tertiary/aromatic N) is 2. The van der Waals surface area contributed by atoms with Gasteiger partial charge in [-0.05, 0) is 31.9 Å². The molecule has 0 spiro atoms. The van der Waals surface area contributed by atoms with Crippen LogP contribution in [0.3, 0.4) is 0 Å². The molecular formula is C20H25N3O2. The Labute approximate surface area is 148 Å². The average molecular weight is 339 g/mol. The molecule has 1 aromatic heterocycles. The van der Waals surface area contributed by atoms with Crippen molar-refractivity contribution in [2.24, 2.45) is 0 Å². The predicted octanol–water partition coefficient (Wildman–Crippen LogP) is 3.04. The summed E-state index contributed by atoms with van der Waals surface area (Å²) in [6.45, 7) is 5.38. The van der Waals surface area contributed by atoms with Gasteiger partial charge in [0.05, 0.1) is 5.69 Å². The second-order valence-electron chi connectivity index (χ2n) is 7.17. The van der Waals surface area contributed by atoms with Crippen LogP contribution in [0.4, 0.5) is 0 Å². The highest BCUT2D eigenvalue weighted by molar-refractivity contribution is 5.93. The Bertz CT molecular complexity index is 756. The molecule has 2 saturated heterocycles. The highest BCUT2D eigenvalue weighted by Crippen LogP contribution is 2.36. The molecule has 132 valence electrons. The van der Waals surface area contributed by atoms with Gasteiger partial charge in [0.2, 0.25) is 5.76 Å². The lowest BCUT2D eigenvalue weighted by Crippen LogP contribution is -2.44. The fourth-order valence-electron chi connectivity index (χ4n) is 4.39.